The molecule has 0 saturated carbocycles. The van der Waals surface area contributed by atoms with Gasteiger partial charge in [0.1, 0.15) is 36.1 Å². The summed E-state index contributed by atoms with van der Waals surface area (Å²) in [5.41, 5.74) is 5.72. The largest absolute Gasteiger partial charge is 0.508 e. The third kappa shape index (κ3) is 8.01. The highest BCUT2D eigenvalue weighted by Crippen LogP contribution is 2.23. The molecule has 0 saturated heterocycles. The Balaban J connectivity index is 1.22. The number of aromatic hydroxyl groups is 2. The minimum atomic E-state index is 0.170. The minimum Gasteiger partial charge on any atom is -0.508 e. The zero-order valence-electron chi connectivity index (χ0n) is 24.2. The van der Waals surface area contributed by atoms with Crippen molar-refractivity contribution in [2.75, 3.05) is 18.0 Å². The Kier molecular flexibility index (Phi) is 9.33. The van der Waals surface area contributed by atoms with E-state index in [1.807, 2.05) is 54.2 Å². The Morgan fingerprint density at radius 3 is 1.86 bits per heavy atom. The number of hydrogen-bond donors (Lipinski definition) is 2. The zero-order valence-corrected chi connectivity index (χ0v) is 24.2. The number of hydrogen-bond acceptors (Lipinski definition) is 7. The molecule has 216 valence electrons. The molecule has 0 unspecified atom stereocenters. The van der Waals surface area contributed by atoms with Crippen LogP contribution in [0, 0.1) is 0 Å². The fraction of sp³-hybridized carbons (Fsp3) is 0.147. The first kappa shape index (κ1) is 28.9. The second kappa shape index (κ2) is 13.9. The second-order valence-corrected chi connectivity index (χ2v) is 9.99. The van der Waals surface area contributed by atoms with Gasteiger partial charge in [-0.05, 0) is 97.4 Å². The van der Waals surface area contributed by atoms with Gasteiger partial charge < -0.3 is 15.1 Å². The van der Waals surface area contributed by atoms with Gasteiger partial charge in [-0.25, -0.2) is 9.13 Å². The number of rotatable bonds is 11. The van der Waals surface area contributed by atoms with E-state index in [1.165, 1.54) is 0 Å². The summed E-state index contributed by atoms with van der Waals surface area (Å²) in [6, 6.07) is 29.2. The molecular weight excluding hydrogens is 538 g/mol. The maximum absolute atomic E-state index is 9.67. The van der Waals surface area contributed by atoms with E-state index < -0.39 is 0 Å². The van der Waals surface area contributed by atoms with Crippen molar-refractivity contribution in [3.8, 4) is 11.5 Å². The molecule has 0 amide bonds. The summed E-state index contributed by atoms with van der Waals surface area (Å²) in [6.45, 7) is 4.92. The predicted molar refractivity (Wildman–Crippen MR) is 170 cm³/mol. The van der Waals surface area contributed by atoms with E-state index in [0.717, 1.165) is 53.4 Å². The Morgan fingerprint density at radius 1 is 0.791 bits per heavy atom. The summed E-state index contributed by atoms with van der Waals surface area (Å²) >= 11 is 0. The van der Waals surface area contributed by atoms with Gasteiger partial charge in [0.05, 0.1) is 31.2 Å². The molecular formula is C34H34N7O2+. The highest BCUT2D eigenvalue weighted by Gasteiger charge is 2.09. The molecule has 43 heavy (non-hydrogen) atoms. The van der Waals surface area contributed by atoms with Crippen LogP contribution in [0.15, 0.2) is 136 Å². The molecule has 2 N–H and O–H groups in total. The van der Waals surface area contributed by atoms with Crippen LogP contribution in [0.1, 0.15) is 23.6 Å². The van der Waals surface area contributed by atoms with Crippen molar-refractivity contribution in [3.63, 3.8) is 0 Å². The number of phenolic OH excluding ortho intramolecular Hbond substituents is 2. The highest BCUT2D eigenvalue weighted by atomic mass is 16.3. The molecule has 0 fully saturated rings. The molecule has 9 heteroatoms. The maximum Gasteiger partial charge on any atom is 0.243 e. The number of nitrogens with zero attached hydrogens (tertiary/aromatic N) is 7. The summed E-state index contributed by atoms with van der Waals surface area (Å²) in [7, 11) is 2.03. The minimum absolute atomic E-state index is 0.170. The first-order valence-electron chi connectivity index (χ1n) is 14.0. The van der Waals surface area contributed by atoms with E-state index >= 15 is 0 Å². The third-order valence-electron chi connectivity index (χ3n) is 6.87. The van der Waals surface area contributed by atoms with Crippen LogP contribution < -0.4 is 9.47 Å². The van der Waals surface area contributed by atoms with Crippen molar-refractivity contribution in [2.45, 2.75) is 13.5 Å². The van der Waals surface area contributed by atoms with Crippen molar-refractivity contribution in [1.82, 2.24) is 4.57 Å². The van der Waals surface area contributed by atoms with Crippen LogP contribution in [0.5, 0.6) is 11.5 Å². The molecule has 0 aliphatic rings. The number of aryl methyl sites for hydroxylation is 1. The quantitative estimate of drug-likeness (QED) is 0.0813. The number of azo groups is 1. The Hall–Kier alpha value is -5.57. The number of imidazole rings is 1. The van der Waals surface area contributed by atoms with Gasteiger partial charge in [0.25, 0.3) is 0 Å². The Morgan fingerprint density at radius 2 is 1.35 bits per heavy atom. The average molecular weight is 573 g/mol. The second-order valence-electron chi connectivity index (χ2n) is 9.99. The first-order valence-corrected chi connectivity index (χ1v) is 14.0. The van der Waals surface area contributed by atoms with Crippen LogP contribution in [-0.2, 0) is 13.6 Å². The van der Waals surface area contributed by atoms with Gasteiger partial charge >= 0.3 is 0 Å². The molecule has 0 aliphatic heterocycles. The van der Waals surface area contributed by atoms with E-state index in [9.17, 15) is 10.2 Å². The normalized spacial score (nSPS) is 11.3. The van der Waals surface area contributed by atoms with Crippen LogP contribution in [0.25, 0.3) is 0 Å². The standard InChI is InChI=1S/C34H33N7O2/c1-3-41(23-22-40-21-20-39(2)25-40)31-14-12-30(13-15-31)37-36-29-10-4-26(5-11-29)24-35-38-34(27-6-16-32(42)17-7-27)28-8-18-33(43)19-9-28/h4-21,24-25H,3,22-23H2,1-2H3,(H-,37,38,42,43)/p+1. The number of likely N-dealkylation sites (N-methyl/N-ethyl adjacent to an activating group) is 1. The van der Waals surface area contributed by atoms with Gasteiger partial charge in [-0.15, -0.1) is 5.10 Å². The molecule has 0 atom stereocenters. The lowest BCUT2D eigenvalue weighted by molar-refractivity contribution is -0.671. The lowest BCUT2D eigenvalue weighted by atomic mass is 10.0. The van der Waals surface area contributed by atoms with Gasteiger partial charge in [0, 0.05) is 23.4 Å². The molecule has 5 rings (SSSR count). The number of anilines is 1. The van der Waals surface area contributed by atoms with E-state index in [-0.39, 0.29) is 11.5 Å². The smallest absolute Gasteiger partial charge is 0.243 e. The first-order chi connectivity index (χ1) is 21.0. The van der Waals surface area contributed by atoms with Crippen molar-refractivity contribution in [1.29, 1.82) is 0 Å². The lowest BCUT2D eigenvalue weighted by Crippen LogP contribution is -2.28. The van der Waals surface area contributed by atoms with Crippen LogP contribution in [-0.4, -0.2) is 39.8 Å². The van der Waals surface area contributed by atoms with Crippen LogP contribution in [0.4, 0.5) is 17.1 Å². The molecule has 1 aromatic heterocycles. The zero-order chi connectivity index (χ0) is 30.0. The fourth-order valence-electron chi connectivity index (χ4n) is 4.49. The molecule has 4 aromatic carbocycles. The molecule has 0 bridgehead atoms. The monoisotopic (exact) mass is 572 g/mol. The summed E-state index contributed by atoms with van der Waals surface area (Å²) < 4.78 is 4.23. The predicted octanol–water partition coefficient (Wildman–Crippen LogP) is 6.54. The SMILES string of the molecule is CCN(CCn1cc[n+](C)c1)c1ccc(N=Nc2ccc(/C=N/N=C(c3ccc(O)cc3)c3ccc(O)cc3)cc2)cc1. The summed E-state index contributed by atoms with van der Waals surface area (Å²) in [5.74, 6) is 0.340. The van der Waals surface area contributed by atoms with Gasteiger partial charge in [-0.3, -0.25) is 0 Å². The van der Waals surface area contributed by atoms with Gasteiger partial charge in [-0.1, -0.05) is 12.1 Å². The summed E-state index contributed by atoms with van der Waals surface area (Å²) in [5, 5.41) is 36.9. The molecule has 5 aromatic rings. The Labute approximate surface area is 251 Å². The van der Waals surface area contributed by atoms with Gasteiger partial charge in [-0.2, -0.15) is 15.3 Å². The van der Waals surface area contributed by atoms with E-state index in [2.05, 4.69) is 61.5 Å². The van der Waals surface area contributed by atoms with Crippen molar-refractivity contribution in [3.05, 3.63) is 132 Å². The third-order valence-corrected chi connectivity index (χ3v) is 6.87. The molecule has 0 radical (unpaired) electrons. The van der Waals surface area contributed by atoms with Crippen molar-refractivity contribution >= 4 is 29.0 Å². The van der Waals surface area contributed by atoms with Crippen molar-refractivity contribution in [2.24, 2.45) is 27.5 Å². The number of benzene rings is 4. The lowest BCUT2D eigenvalue weighted by Gasteiger charge is -2.22. The molecule has 1 heterocycles. The van der Waals surface area contributed by atoms with E-state index in [0.29, 0.717) is 5.71 Å². The highest BCUT2D eigenvalue weighted by molar-refractivity contribution is 6.13. The maximum atomic E-state index is 9.67. The fourth-order valence-corrected chi connectivity index (χ4v) is 4.49. The topological polar surface area (TPSA) is 102 Å². The summed E-state index contributed by atoms with van der Waals surface area (Å²) in [4.78, 5) is 2.34. The summed E-state index contributed by atoms with van der Waals surface area (Å²) in [6.07, 6.45) is 7.87. The van der Waals surface area contributed by atoms with E-state index in [4.69, 9.17) is 0 Å². The number of phenols is 2. The van der Waals surface area contributed by atoms with Crippen molar-refractivity contribution < 1.29 is 14.8 Å². The van der Waals surface area contributed by atoms with Gasteiger partial charge in [0.2, 0.25) is 6.33 Å². The molecule has 9 nitrogen and oxygen atoms in total. The molecule has 0 spiro atoms. The van der Waals surface area contributed by atoms with Gasteiger partial charge in [0.15, 0.2) is 0 Å². The van der Waals surface area contributed by atoms with Crippen LogP contribution >= 0.6 is 0 Å². The van der Waals surface area contributed by atoms with Crippen LogP contribution in [0.2, 0.25) is 0 Å². The molecule has 0 aliphatic carbocycles. The van der Waals surface area contributed by atoms with Crippen LogP contribution in [0.3, 0.4) is 0 Å². The Bertz CT molecular complexity index is 1660. The number of aromatic nitrogens is 2. The van der Waals surface area contributed by atoms with E-state index in [1.54, 1.807) is 54.7 Å². The average Bonchev–Trinajstić information content (AvgIpc) is 3.45.